The summed E-state index contributed by atoms with van der Waals surface area (Å²) in [4.78, 5) is 12.8. The number of carbonyl (C=O) groups excluding carboxylic acids is 1. The van der Waals surface area contributed by atoms with Gasteiger partial charge in [0, 0.05) is 23.2 Å². The van der Waals surface area contributed by atoms with Gasteiger partial charge in [0.2, 0.25) is 5.09 Å². The van der Waals surface area contributed by atoms with E-state index >= 15 is 0 Å². The number of carbonyl (C=O) groups is 1. The molecule has 0 aliphatic heterocycles. The first-order valence-electron chi connectivity index (χ1n) is 11.6. The number of aliphatic hydroxyl groups is 1. The van der Waals surface area contributed by atoms with Crippen LogP contribution < -0.4 is 10.0 Å². The van der Waals surface area contributed by atoms with Crippen molar-refractivity contribution in [3.63, 3.8) is 0 Å². The minimum absolute atomic E-state index is 0.0953. The summed E-state index contributed by atoms with van der Waals surface area (Å²) in [5.74, 6) is 1.02. The van der Waals surface area contributed by atoms with Crippen LogP contribution in [0.3, 0.4) is 0 Å². The molecule has 4 unspecified atom stereocenters. The number of amides is 2. The van der Waals surface area contributed by atoms with Crippen LogP contribution in [0.15, 0.2) is 15.6 Å². The monoisotopic (exact) mass is 458 g/mol. The van der Waals surface area contributed by atoms with Gasteiger partial charge >= 0.3 is 6.03 Å². The van der Waals surface area contributed by atoms with Gasteiger partial charge in [0.1, 0.15) is 11.6 Å². The van der Waals surface area contributed by atoms with Gasteiger partial charge in [-0.2, -0.15) is 0 Å². The molecule has 1 fully saturated rings. The number of urea groups is 1. The zero-order valence-corrected chi connectivity index (χ0v) is 18.9. The van der Waals surface area contributed by atoms with E-state index in [9.17, 15) is 18.5 Å². The summed E-state index contributed by atoms with van der Waals surface area (Å²) in [6.45, 7) is 1.79. The van der Waals surface area contributed by atoms with E-state index < -0.39 is 22.6 Å². The van der Waals surface area contributed by atoms with Crippen molar-refractivity contribution in [2.45, 2.75) is 81.3 Å². The Hall–Kier alpha value is -2.19. The molecule has 0 radical (unpaired) electrons. The van der Waals surface area contributed by atoms with Crippen LogP contribution in [-0.2, 0) is 42.3 Å². The second kappa shape index (κ2) is 7.15. The first-order chi connectivity index (χ1) is 15.3. The first kappa shape index (κ1) is 20.4. The lowest BCUT2D eigenvalue weighted by atomic mass is 9.76. The molecule has 1 aromatic carbocycles. The molecule has 4 aliphatic rings. The predicted molar refractivity (Wildman–Crippen MR) is 117 cm³/mol. The summed E-state index contributed by atoms with van der Waals surface area (Å²) >= 11 is 0. The molecule has 6 nitrogen and oxygen atoms in total. The summed E-state index contributed by atoms with van der Waals surface area (Å²) in [5.41, 5.74) is 3.58. The first-order valence-corrected chi connectivity index (χ1v) is 12.7. The lowest BCUT2D eigenvalue weighted by molar-refractivity contribution is -0.0115. The molecule has 8 heteroatoms. The molecule has 4 atom stereocenters. The third-order valence-electron chi connectivity index (χ3n) is 8.06. The largest absolute Gasteiger partial charge is 0.450 e. The number of benzene rings is 1. The number of halogens is 1. The summed E-state index contributed by atoms with van der Waals surface area (Å²) < 4.78 is 36.1. The summed E-state index contributed by atoms with van der Waals surface area (Å²) in [7, 11) is -1.90. The van der Waals surface area contributed by atoms with Crippen LogP contribution in [-0.4, -0.2) is 15.3 Å². The van der Waals surface area contributed by atoms with E-state index in [1.54, 1.807) is 13.0 Å². The van der Waals surface area contributed by atoms with Crippen LogP contribution in [0.2, 0.25) is 0 Å². The average Bonchev–Trinajstić information content (AvgIpc) is 3.53. The van der Waals surface area contributed by atoms with E-state index in [2.05, 4.69) is 10.0 Å². The van der Waals surface area contributed by atoms with Gasteiger partial charge in [-0.3, -0.25) is 0 Å². The Labute approximate surface area is 188 Å². The highest BCUT2D eigenvalue weighted by molar-refractivity contribution is 7.83. The van der Waals surface area contributed by atoms with Crippen molar-refractivity contribution < 1.29 is 22.9 Å². The zero-order chi connectivity index (χ0) is 22.2. The van der Waals surface area contributed by atoms with Gasteiger partial charge in [-0.25, -0.2) is 18.1 Å². The summed E-state index contributed by atoms with van der Waals surface area (Å²) in [6.07, 6.45) is 7.37. The molecule has 32 heavy (non-hydrogen) atoms. The van der Waals surface area contributed by atoms with Gasteiger partial charge in [-0.05, 0) is 92.9 Å². The van der Waals surface area contributed by atoms with Crippen molar-refractivity contribution in [2.75, 3.05) is 5.32 Å². The quantitative estimate of drug-likeness (QED) is 0.638. The minimum atomic E-state index is -1.90. The molecule has 2 amide bonds. The zero-order valence-electron chi connectivity index (χ0n) is 18.1. The minimum Gasteiger partial charge on any atom is -0.450 e. The van der Waals surface area contributed by atoms with Gasteiger partial charge in [-0.15, -0.1) is 0 Å². The van der Waals surface area contributed by atoms with E-state index in [-0.39, 0.29) is 22.7 Å². The van der Waals surface area contributed by atoms with Crippen LogP contribution in [0, 0.1) is 11.7 Å². The molecule has 1 aromatic heterocycles. The standard InChI is InChI=1S/C24H27FN2O4S/c1-24(29)13-9-8-12(10-13)22-18(24)11-19(31-22)32(30)27-23(28)26-21-16-6-2-4-14(16)20(25)15-5-3-7-17(15)21/h11-13,29H,2-10H2,1H3,(H2,26,27,28). The molecule has 0 saturated heterocycles. The highest BCUT2D eigenvalue weighted by atomic mass is 32.2. The Bertz CT molecular complexity index is 1140. The SMILES string of the molecule is CC1(O)c2cc(S(=O)NC(=O)Nc3c4c(c(F)c5c3CCC5)CCC4)oc2C2CCC1C2. The van der Waals surface area contributed by atoms with E-state index in [1.165, 1.54) is 0 Å². The fourth-order valence-corrected chi connectivity index (χ4v) is 7.14. The Morgan fingerprint density at radius 2 is 1.81 bits per heavy atom. The molecule has 0 spiro atoms. The van der Waals surface area contributed by atoms with Crippen LogP contribution in [0.25, 0.3) is 0 Å². The second-order valence-corrected chi connectivity index (χ2v) is 11.0. The van der Waals surface area contributed by atoms with Gasteiger partial charge < -0.3 is 14.8 Å². The Kier molecular flexibility index (Phi) is 4.56. The lowest BCUT2D eigenvalue weighted by Crippen LogP contribution is -2.33. The van der Waals surface area contributed by atoms with Gasteiger partial charge in [-0.1, -0.05) is 0 Å². The fraction of sp³-hybridized carbons (Fsp3) is 0.542. The maximum Gasteiger partial charge on any atom is 0.331 e. The fourth-order valence-electron chi connectivity index (χ4n) is 6.43. The third kappa shape index (κ3) is 2.91. The topological polar surface area (TPSA) is 91.6 Å². The molecule has 6 rings (SSSR count). The molecular weight excluding hydrogens is 431 g/mol. The number of furan rings is 1. The molecule has 2 aromatic rings. The molecule has 170 valence electrons. The van der Waals surface area contributed by atoms with Crippen LogP contribution >= 0.6 is 0 Å². The van der Waals surface area contributed by atoms with Gasteiger partial charge in [0.05, 0.1) is 5.60 Å². The maximum atomic E-state index is 14.9. The summed E-state index contributed by atoms with van der Waals surface area (Å²) in [5, 5.41) is 14.0. The third-order valence-corrected chi connectivity index (χ3v) is 9.00. The number of anilines is 1. The van der Waals surface area contributed by atoms with Crippen LogP contribution in [0.5, 0.6) is 0 Å². The number of nitrogens with one attached hydrogen (secondary N) is 2. The number of hydrogen-bond donors (Lipinski definition) is 3. The van der Waals surface area contributed by atoms with E-state index in [1.807, 2.05) is 0 Å². The molecule has 2 bridgehead atoms. The van der Waals surface area contributed by atoms with Crippen molar-refractivity contribution in [3.8, 4) is 0 Å². The van der Waals surface area contributed by atoms with Crippen molar-refractivity contribution in [3.05, 3.63) is 45.5 Å². The molecule has 3 N–H and O–H groups in total. The molecule has 1 heterocycles. The van der Waals surface area contributed by atoms with Crippen molar-refractivity contribution in [1.82, 2.24) is 4.72 Å². The number of fused-ring (bicyclic) bond motifs is 6. The number of hydrogen-bond acceptors (Lipinski definition) is 4. The Morgan fingerprint density at radius 1 is 1.16 bits per heavy atom. The van der Waals surface area contributed by atoms with E-state index in [4.69, 9.17) is 4.42 Å². The van der Waals surface area contributed by atoms with Gasteiger partial charge in [0.15, 0.2) is 11.0 Å². The number of rotatable bonds is 3. The Morgan fingerprint density at radius 3 is 2.50 bits per heavy atom. The van der Waals surface area contributed by atoms with Gasteiger partial charge in [0.25, 0.3) is 0 Å². The van der Waals surface area contributed by atoms with E-state index in [0.29, 0.717) is 29.9 Å². The highest BCUT2D eigenvalue weighted by Crippen LogP contribution is 2.54. The highest BCUT2D eigenvalue weighted by Gasteiger charge is 2.49. The van der Waals surface area contributed by atoms with E-state index in [0.717, 1.165) is 67.2 Å². The average molecular weight is 459 g/mol. The molecule has 1 saturated carbocycles. The van der Waals surface area contributed by atoms with Crippen LogP contribution in [0.1, 0.15) is 78.5 Å². The normalized spacial score (nSPS) is 28.2. The smallest absolute Gasteiger partial charge is 0.331 e. The van der Waals surface area contributed by atoms with Crippen molar-refractivity contribution in [2.24, 2.45) is 5.92 Å². The van der Waals surface area contributed by atoms with Crippen molar-refractivity contribution in [1.29, 1.82) is 0 Å². The maximum absolute atomic E-state index is 14.9. The summed E-state index contributed by atoms with van der Waals surface area (Å²) in [6, 6.07) is 1.03. The predicted octanol–water partition coefficient (Wildman–Crippen LogP) is 4.35. The Balaban J connectivity index is 1.24. The molecule has 4 aliphatic carbocycles. The molecular formula is C24H27FN2O4S. The van der Waals surface area contributed by atoms with Crippen LogP contribution in [0.4, 0.5) is 14.9 Å². The second-order valence-electron chi connectivity index (χ2n) is 9.83. The lowest BCUT2D eigenvalue weighted by Gasteiger charge is -2.33. The van der Waals surface area contributed by atoms with Crippen molar-refractivity contribution >= 4 is 22.7 Å².